The number of hydrogen-bond donors (Lipinski definition) is 2. The van der Waals surface area contributed by atoms with Crippen LogP contribution in [-0.2, 0) is 12.7 Å². The number of rotatable bonds is 3. The van der Waals surface area contributed by atoms with E-state index in [2.05, 4.69) is 10.3 Å². The number of benzene rings is 2. The molecule has 24 heavy (non-hydrogen) atoms. The summed E-state index contributed by atoms with van der Waals surface area (Å²) in [7, 11) is 0. The van der Waals surface area contributed by atoms with E-state index in [4.69, 9.17) is 5.73 Å². The Kier molecular flexibility index (Phi) is 5.11. The Labute approximate surface area is 137 Å². The number of guanidine groups is 1. The minimum absolute atomic E-state index is 0.0179. The van der Waals surface area contributed by atoms with Crippen LogP contribution in [0.25, 0.3) is 0 Å². The minimum Gasteiger partial charge on any atom is -0.370 e. The van der Waals surface area contributed by atoms with Crippen LogP contribution in [0.15, 0.2) is 41.4 Å². The fourth-order valence-corrected chi connectivity index (χ4v) is 2.13. The minimum atomic E-state index is -4.65. The van der Waals surface area contributed by atoms with E-state index in [-0.39, 0.29) is 18.1 Å². The lowest BCUT2D eigenvalue weighted by Gasteiger charge is -2.12. The Hall–Kier alpha value is -2.57. The highest BCUT2D eigenvalue weighted by Gasteiger charge is 2.33. The Bertz CT molecular complexity index is 767. The first kappa shape index (κ1) is 17.8. The molecule has 0 saturated heterocycles. The lowest BCUT2D eigenvalue weighted by Crippen LogP contribution is -2.23. The SMILES string of the molecule is Cc1ccc(NC(N)=NCc2ccc(F)cc2C(F)(F)F)cc1C. The summed E-state index contributed by atoms with van der Waals surface area (Å²) in [4.78, 5) is 3.91. The summed E-state index contributed by atoms with van der Waals surface area (Å²) in [6.45, 7) is 3.59. The highest BCUT2D eigenvalue weighted by molar-refractivity contribution is 5.92. The molecule has 0 bridgehead atoms. The van der Waals surface area contributed by atoms with Crippen molar-refractivity contribution in [3.8, 4) is 0 Å². The average molecular weight is 339 g/mol. The van der Waals surface area contributed by atoms with Crippen molar-refractivity contribution in [3.05, 3.63) is 64.5 Å². The Balaban J connectivity index is 2.16. The van der Waals surface area contributed by atoms with Gasteiger partial charge in [-0.05, 0) is 54.8 Å². The van der Waals surface area contributed by atoms with Gasteiger partial charge in [0.25, 0.3) is 0 Å². The van der Waals surface area contributed by atoms with Crippen LogP contribution >= 0.6 is 0 Å². The maximum atomic E-state index is 13.1. The summed E-state index contributed by atoms with van der Waals surface area (Å²) >= 11 is 0. The van der Waals surface area contributed by atoms with Gasteiger partial charge in [0, 0.05) is 5.69 Å². The van der Waals surface area contributed by atoms with Crippen molar-refractivity contribution >= 4 is 11.6 Å². The molecule has 0 unspecified atom stereocenters. The first-order valence-corrected chi connectivity index (χ1v) is 7.16. The van der Waals surface area contributed by atoms with Crippen LogP contribution in [0.2, 0.25) is 0 Å². The molecule has 0 amide bonds. The number of nitrogens with one attached hydrogen (secondary N) is 1. The topological polar surface area (TPSA) is 50.4 Å². The maximum absolute atomic E-state index is 13.1. The van der Waals surface area contributed by atoms with Gasteiger partial charge in [0.15, 0.2) is 5.96 Å². The molecule has 0 aliphatic carbocycles. The maximum Gasteiger partial charge on any atom is 0.416 e. The second-order valence-electron chi connectivity index (χ2n) is 5.42. The van der Waals surface area contributed by atoms with Gasteiger partial charge in [-0.15, -0.1) is 0 Å². The summed E-state index contributed by atoms with van der Waals surface area (Å²) in [5, 5.41) is 2.82. The molecule has 128 valence electrons. The van der Waals surface area contributed by atoms with Gasteiger partial charge in [-0.25, -0.2) is 9.38 Å². The molecular weight excluding hydrogens is 322 g/mol. The number of aryl methyl sites for hydroxylation is 2. The molecule has 2 aromatic carbocycles. The lowest BCUT2D eigenvalue weighted by molar-refractivity contribution is -0.138. The largest absolute Gasteiger partial charge is 0.416 e. The van der Waals surface area contributed by atoms with Crippen molar-refractivity contribution in [2.24, 2.45) is 10.7 Å². The third kappa shape index (κ3) is 4.47. The molecule has 0 atom stereocenters. The first-order chi connectivity index (χ1) is 11.2. The van der Waals surface area contributed by atoms with Gasteiger partial charge in [0.2, 0.25) is 0 Å². The van der Waals surface area contributed by atoms with E-state index in [0.29, 0.717) is 11.8 Å². The molecule has 7 heteroatoms. The molecule has 0 aliphatic rings. The summed E-state index contributed by atoms with van der Waals surface area (Å²) in [6, 6.07) is 8.03. The van der Waals surface area contributed by atoms with Crippen LogP contribution in [0.5, 0.6) is 0 Å². The van der Waals surface area contributed by atoms with E-state index < -0.39 is 17.6 Å². The predicted octanol–water partition coefficient (Wildman–Crippen LogP) is 4.39. The van der Waals surface area contributed by atoms with E-state index >= 15 is 0 Å². The Morgan fingerprint density at radius 2 is 1.79 bits per heavy atom. The predicted molar refractivity (Wildman–Crippen MR) is 86.3 cm³/mol. The van der Waals surface area contributed by atoms with E-state index in [1.54, 1.807) is 6.07 Å². The summed E-state index contributed by atoms with van der Waals surface area (Å²) < 4.78 is 51.8. The summed E-state index contributed by atoms with van der Waals surface area (Å²) in [6.07, 6.45) is -4.65. The zero-order valence-corrected chi connectivity index (χ0v) is 13.2. The quantitative estimate of drug-likeness (QED) is 0.495. The summed E-state index contributed by atoms with van der Waals surface area (Å²) in [5.41, 5.74) is 7.36. The van der Waals surface area contributed by atoms with Crippen molar-refractivity contribution in [3.63, 3.8) is 0 Å². The molecule has 2 aromatic rings. The number of nitrogens with zero attached hydrogens (tertiary/aromatic N) is 1. The van der Waals surface area contributed by atoms with Crippen molar-refractivity contribution in [2.75, 3.05) is 5.32 Å². The highest BCUT2D eigenvalue weighted by atomic mass is 19.4. The standard InChI is InChI=1S/C17H17F4N3/c1-10-3-6-14(7-11(10)2)24-16(22)23-9-12-4-5-13(18)8-15(12)17(19,20)21/h3-8H,9H2,1-2H3,(H3,22,23,24). The smallest absolute Gasteiger partial charge is 0.370 e. The molecule has 0 aliphatic heterocycles. The van der Waals surface area contributed by atoms with Crippen molar-refractivity contribution in [1.82, 2.24) is 0 Å². The third-order valence-electron chi connectivity index (χ3n) is 3.58. The highest BCUT2D eigenvalue weighted by Crippen LogP contribution is 2.32. The van der Waals surface area contributed by atoms with Gasteiger partial charge in [-0.3, -0.25) is 0 Å². The molecule has 0 saturated carbocycles. The van der Waals surface area contributed by atoms with Crippen LogP contribution in [0, 0.1) is 19.7 Å². The second-order valence-corrected chi connectivity index (χ2v) is 5.42. The van der Waals surface area contributed by atoms with Gasteiger partial charge in [-0.2, -0.15) is 13.2 Å². The van der Waals surface area contributed by atoms with Gasteiger partial charge in [-0.1, -0.05) is 12.1 Å². The number of aliphatic imine (C=N–C) groups is 1. The van der Waals surface area contributed by atoms with Crippen LogP contribution in [-0.4, -0.2) is 5.96 Å². The first-order valence-electron chi connectivity index (χ1n) is 7.16. The monoisotopic (exact) mass is 339 g/mol. The molecule has 3 N–H and O–H groups in total. The Morgan fingerprint density at radius 1 is 1.08 bits per heavy atom. The van der Waals surface area contributed by atoms with E-state index in [0.717, 1.165) is 23.3 Å². The van der Waals surface area contributed by atoms with Gasteiger partial charge >= 0.3 is 6.18 Å². The fourth-order valence-electron chi connectivity index (χ4n) is 2.13. The third-order valence-corrected chi connectivity index (χ3v) is 3.58. The molecule has 0 aromatic heterocycles. The van der Waals surface area contributed by atoms with Gasteiger partial charge in [0.05, 0.1) is 12.1 Å². The number of anilines is 1. The zero-order valence-electron chi connectivity index (χ0n) is 13.2. The molecular formula is C17H17F4N3. The van der Waals surface area contributed by atoms with Crippen LogP contribution in [0.4, 0.5) is 23.2 Å². The van der Waals surface area contributed by atoms with Gasteiger partial charge < -0.3 is 11.1 Å². The van der Waals surface area contributed by atoms with Crippen LogP contribution < -0.4 is 11.1 Å². The second kappa shape index (κ2) is 6.90. The molecule has 2 rings (SSSR count). The number of hydrogen-bond acceptors (Lipinski definition) is 1. The zero-order chi connectivity index (χ0) is 17.9. The van der Waals surface area contributed by atoms with Crippen LogP contribution in [0.3, 0.4) is 0 Å². The van der Waals surface area contributed by atoms with Crippen molar-refractivity contribution in [1.29, 1.82) is 0 Å². The van der Waals surface area contributed by atoms with Crippen molar-refractivity contribution < 1.29 is 17.6 Å². The van der Waals surface area contributed by atoms with Crippen molar-refractivity contribution in [2.45, 2.75) is 26.6 Å². The molecule has 0 heterocycles. The van der Waals surface area contributed by atoms with Crippen LogP contribution in [0.1, 0.15) is 22.3 Å². The molecule has 3 nitrogen and oxygen atoms in total. The molecule has 0 fully saturated rings. The fraction of sp³-hybridized carbons (Fsp3) is 0.235. The number of nitrogens with two attached hydrogens (primary N) is 1. The molecule has 0 spiro atoms. The van der Waals surface area contributed by atoms with E-state index in [9.17, 15) is 17.6 Å². The number of halogens is 4. The molecule has 0 radical (unpaired) electrons. The number of alkyl halides is 3. The normalized spacial score (nSPS) is 12.3. The average Bonchev–Trinajstić information content (AvgIpc) is 2.49. The Morgan fingerprint density at radius 3 is 2.42 bits per heavy atom. The summed E-state index contributed by atoms with van der Waals surface area (Å²) in [5.74, 6) is -0.966. The van der Waals surface area contributed by atoms with E-state index in [1.165, 1.54) is 0 Å². The van der Waals surface area contributed by atoms with E-state index in [1.807, 2.05) is 26.0 Å². The lowest BCUT2D eigenvalue weighted by atomic mass is 10.1. The van der Waals surface area contributed by atoms with Gasteiger partial charge in [0.1, 0.15) is 5.82 Å².